The number of aromatic nitrogens is 3. The fourth-order valence-corrected chi connectivity index (χ4v) is 2.55. The first kappa shape index (κ1) is 14.0. The zero-order valence-corrected chi connectivity index (χ0v) is 13.4. The lowest BCUT2D eigenvalue weighted by Gasteiger charge is -2.04. The third-order valence-corrected chi connectivity index (χ3v) is 4.08. The molecule has 3 nitrogen and oxygen atoms in total. The van der Waals surface area contributed by atoms with E-state index in [-0.39, 0.29) is 0 Å². The van der Waals surface area contributed by atoms with Crippen LogP contribution in [0.4, 0.5) is 0 Å². The Morgan fingerprint density at radius 2 is 1.81 bits per heavy atom. The van der Waals surface area contributed by atoms with Crippen LogP contribution in [0.3, 0.4) is 0 Å². The first-order valence-electron chi connectivity index (χ1n) is 6.93. The Kier molecular flexibility index (Phi) is 4.15. The van der Waals surface area contributed by atoms with E-state index < -0.39 is 0 Å². The molecule has 0 saturated heterocycles. The van der Waals surface area contributed by atoms with Crippen molar-refractivity contribution in [2.75, 3.05) is 0 Å². The smallest absolute Gasteiger partial charge is 0.113 e. The largest absolute Gasteiger partial charge is 0.252 e. The highest BCUT2D eigenvalue weighted by molar-refractivity contribution is 9.10. The molecule has 3 rings (SSSR count). The maximum atomic E-state index is 4.25. The summed E-state index contributed by atoms with van der Waals surface area (Å²) in [5.41, 5.74) is 4.68. The molecule has 1 heterocycles. The van der Waals surface area contributed by atoms with Gasteiger partial charge >= 0.3 is 0 Å². The van der Waals surface area contributed by atoms with E-state index >= 15 is 0 Å². The second-order valence-corrected chi connectivity index (χ2v) is 5.97. The molecule has 0 spiro atoms. The Hall–Kier alpha value is -1.94. The van der Waals surface area contributed by atoms with E-state index in [0.29, 0.717) is 0 Å². The van der Waals surface area contributed by atoms with E-state index in [9.17, 15) is 0 Å². The van der Waals surface area contributed by atoms with Gasteiger partial charge in [-0.1, -0.05) is 57.5 Å². The van der Waals surface area contributed by atoms with Gasteiger partial charge in [-0.3, -0.25) is 4.68 Å². The van der Waals surface area contributed by atoms with Crippen LogP contribution in [-0.2, 0) is 13.0 Å². The van der Waals surface area contributed by atoms with Crippen molar-refractivity contribution in [3.8, 4) is 11.3 Å². The van der Waals surface area contributed by atoms with Gasteiger partial charge in [0.1, 0.15) is 5.69 Å². The Balaban J connectivity index is 1.71. The summed E-state index contributed by atoms with van der Waals surface area (Å²) in [6.45, 7) is 2.98. The minimum atomic E-state index is 0.842. The van der Waals surface area contributed by atoms with Gasteiger partial charge in [-0.15, -0.1) is 5.10 Å². The van der Waals surface area contributed by atoms with Crippen LogP contribution in [0, 0.1) is 6.92 Å². The van der Waals surface area contributed by atoms with E-state index in [1.54, 1.807) is 0 Å². The van der Waals surface area contributed by atoms with Crippen LogP contribution in [-0.4, -0.2) is 15.0 Å². The molecule has 0 saturated carbocycles. The number of aryl methyl sites for hydroxylation is 3. The molecule has 0 atom stereocenters. The van der Waals surface area contributed by atoms with Crippen LogP contribution in [0.25, 0.3) is 11.3 Å². The highest BCUT2D eigenvalue weighted by Gasteiger charge is 2.04. The SMILES string of the molecule is Cc1ccccc1CCn1cc(-c2ccc(Br)cc2)nn1. The molecule has 0 radical (unpaired) electrons. The summed E-state index contributed by atoms with van der Waals surface area (Å²) in [6.07, 6.45) is 2.97. The second kappa shape index (κ2) is 6.22. The molecule has 21 heavy (non-hydrogen) atoms. The summed E-state index contributed by atoms with van der Waals surface area (Å²) < 4.78 is 2.97. The zero-order chi connectivity index (χ0) is 14.7. The van der Waals surface area contributed by atoms with Crippen molar-refractivity contribution in [2.24, 2.45) is 0 Å². The lowest BCUT2D eigenvalue weighted by atomic mass is 10.1. The number of benzene rings is 2. The van der Waals surface area contributed by atoms with Crippen molar-refractivity contribution < 1.29 is 0 Å². The minimum Gasteiger partial charge on any atom is -0.252 e. The number of hydrogen-bond donors (Lipinski definition) is 0. The summed E-state index contributed by atoms with van der Waals surface area (Å²) in [4.78, 5) is 0. The highest BCUT2D eigenvalue weighted by atomic mass is 79.9. The Morgan fingerprint density at radius 3 is 2.57 bits per heavy atom. The van der Waals surface area contributed by atoms with Crippen molar-refractivity contribution in [3.63, 3.8) is 0 Å². The van der Waals surface area contributed by atoms with Gasteiger partial charge in [-0.25, -0.2) is 0 Å². The predicted molar refractivity (Wildman–Crippen MR) is 88.0 cm³/mol. The lowest BCUT2D eigenvalue weighted by Crippen LogP contribution is -2.03. The molecule has 0 amide bonds. The van der Waals surface area contributed by atoms with Crippen LogP contribution in [0.1, 0.15) is 11.1 Å². The number of rotatable bonds is 4. The Morgan fingerprint density at radius 1 is 1.05 bits per heavy atom. The third-order valence-electron chi connectivity index (χ3n) is 3.55. The van der Waals surface area contributed by atoms with Crippen LogP contribution >= 0.6 is 15.9 Å². The minimum absolute atomic E-state index is 0.842. The van der Waals surface area contributed by atoms with E-state index in [4.69, 9.17) is 0 Å². The molecule has 0 aliphatic carbocycles. The summed E-state index contributed by atoms with van der Waals surface area (Å²) >= 11 is 3.44. The molecule has 0 aliphatic rings. The quantitative estimate of drug-likeness (QED) is 0.709. The molecule has 2 aromatic carbocycles. The lowest BCUT2D eigenvalue weighted by molar-refractivity contribution is 0.588. The molecule has 4 heteroatoms. The van der Waals surface area contributed by atoms with Crippen molar-refractivity contribution in [3.05, 3.63) is 70.3 Å². The van der Waals surface area contributed by atoms with Crippen molar-refractivity contribution >= 4 is 15.9 Å². The van der Waals surface area contributed by atoms with Crippen molar-refractivity contribution in [1.82, 2.24) is 15.0 Å². The zero-order valence-electron chi connectivity index (χ0n) is 11.8. The van der Waals surface area contributed by atoms with Crippen LogP contribution in [0.5, 0.6) is 0 Å². The van der Waals surface area contributed by atoms with Gasteiger partial charge in [0.25, 0.3) is 0 Å². The second-order valence-electron chi connectivity index (χ2n) is 5.05. The summed E-state index contributed by atoms with van der Waals surface area (Å²) in [6, 6.07) is 16.6. The Bertz CT molecular complexity index is 732. The summed E-state index contributed by atoms with van der Waals surface area (Å²) in [5.74, 6) is 0. The maximum absolute atomic E-state index is 4.25. The van der Waals surface area contributed by atoms with Crippen LogP contribution < -0.4 is 0 Å². The number of hydrogen-bond acceptors (Lipinski definition) is 2. The van der Waals surface area contributed by atoms with Gasteiger partial charge in [-0.2, -0.15) is 0 Å². The molecule has 0 N–H and O–H groups in total. The van der Waals surface area contributed by atoms with E-state index in [1.165, 1.54) is 11.1 Å². The van der Waals surface area contributed by atoms with E-state index in [2.05, 4.69) is 57.4 Å². The number of nitrogens with zero attached hydrogens (tertiary/aromatic N) is 3. The van der Waals surface area contributed by atoms with Gasteiger partial charge in [-0.05, 0) is 36.6 Å². The van der Waals surface area contributed by atoms with Gasteiger partial charge < -0.3 is 0 Å². The molecule has 0 bridgehead atoms. The van der Waals surface area contributed by atoms with Crippen LogP contribution in [0.2, 0.25) is 0 Å². The summed E-state index contributed by atoms with van der Waals surface area (Å²) in [7, 11) is 0. The molecule has 0 aliphatic heterocycles. The molecule has 3 aromatic rings. The van der Waals surface area contributed by atoms with E-state index in [1.807, 2.05) is 35.1 Å². The normalized spacial score (nSPS) is 10.8. The van der Waals surface area contributed by atoms with Crippen molar-refractivity contribution in [2.45, 2.75) is 19.9 Å². The van der Waals surface area contributed by atoms with Crippen molar-refractivity contribution in [1.29, 1.82) is 0 Å². The van der Waals surface area contributed by atoms with Gasteiger partial charge in [0, 0.05) is 16.6 Å². The first-order valence-corrected chi connectivity index (χ1v) is 7.72. The maximum Gasteiger partial charge on any atom is 0.113 e. The fraction of sp³-hybridized carbons (Fsp3) is 0.176. The Labute approximate surface area is 132 Å². The first-order chi connectivity index (χ1) is 10.2. The monoisotopic (exact) mass is 341 g/mol. The van der Waals surface area contributed by atoms with Gasteiger partial charge in [0.2, 0.25) is 0 Å². The van der Waals surface area contributed by atoms with Gasteiger partial charge in [0.05, 0.1) is 6.20 Å². The van der Waals surface area contributed by atoms with Gasteiger partial charge in [0.15, 0.2) is 0 Å². The molecule has 0 fully saturated rings. The molecule has 0 unspecified atom stereocenters. The molecule has 106 valence electrons. The summed E-state index contributed by atoms with van der Waals surface area (Å²) in [5, 5.41) is 8.46. The highest BCUT2D eigenvalue weighted by Crippen LogP contribution is 2.19. The standard InChI is InChI=1S/C17H16BrN3/c1-13-4-2-3-5-14(13)10-11-21-12-17(19-20-21)15-6-8-16(18)9-7-15/h2-9,12H,10-11H2,1H3. The average molecular weight is 342 g/mol. The fourth-order valence-electron chi connectivity index (χ4n) is 2.29. The molecule has 1 aromatic heterocycles. The number of halogens is 1. The predicted octanol–water partition coefficient (Wildman–Crippen LogP) is 4.26. The van der Waals surface area contributed by atoms with Crippen LogP contribution in [0.15, 0.2) is 59.2 Å². The topological polar surface area (TPSA) is 30.7 Å². The van der Waals surface area contributed by atoms with E-state index in [0.717, 1.165) is 28.7 Å². The average Bonchev–Trinajstić information content (AvgIpc) is 2.96. The third kappa shape index (κ3) is 3.39. The molecular formula is C17H16BrN3. The molecular weight excluding hydrogens is 326 g/mol.